The third-order valence-electron chi connectivity index (χ3n) is 7.26. The molecule has 4 aromatic rings. The van der Waals surface area contributed by atoms with Crippen LogP contribution in [0.3, 0.4) is 0 Å². The molecule has 1 aromatic carbocycles. The lowest BCUT2D eigenvalue weighted by Gasteiger charge is -2.46. The summed E-state index contributed by atoms with van der Waals surface area (Å²) >= 11 is 0. The monoisotopic (exact) mass is 502 g/mol. The summed E-state index contributed by atoms with van der Waals surface area (Å²) in [5.41, 5.74) is 2.09. The summed E-state index contributed by atoms with van der Waals surface area (Å²) in [5, 5.41) is 10.3. The highest BCUT2D eigenvalue weighted by Gasteiger charge is 2.42. The van der Waals surface area contributed by atoms with Gasteiger partial charge in [0.1, 0.15) is 17.2 Å². The Bertz CT molecular complexity index is 1440. The Kier molecular flexibility index (Phi) is 5.91. The Morgan fingerprint density at radius 2 is 2.00 bits per heavy atom. The second-order valence-electron chi connectivity index (χ2n) is 9.45. The van der Waals surface area contributed by atoms with Crippen molar-refractivity contribution in [3.8, 4) is 0 Å². The normalized spacial score (nSPS) is 21.8. The molecule has 190 valence electrons. The molecule has 1 aliphatic carbocycles. The Balaban J connectivity index is 1.41. The fraction of sp³-hybridized carbons (Fsp3) is 0.346. The van der Waals surface area contributed by atoms with E-state index in [0.717, 1.165) is 25.7 Å². The van der Waals surface area contributed by atoms with Gasteiger partial charge in [0.15, 0.2) is 11.6 Å². The average Bonchev–Trinajstić information content (AvgIpc) is 3.40. The SMILES string of the molecule is CO[C@H]1CC[C@@H](N2c3nc(Nc4cc(F)c5[nH]ncc5c4)ncc3N(c3cccnc3)C(=O)[C@H]2C)CC1. The number of anilines is 5. The van der Waals surface area contributed by atoms with Crippen LogP contribution in [-0.4, -0.2) is 56.4 Å². The molecular formula is C26H27FN8O2. The molecule has 4 heterocycles. The van der Waals surface area contributed by atoms with Gasteiger partial charge in [-0.25, -0.2) is 9.37 Å². The van der Waals surface area contributed by atoms with E-state index in [0.29, 0.717) is 39.7 Å². The summed E-state index contributed by atoms with van der Waals surface area (Å²) in [5.74, 6) is 0.476. The lowest BCUT2D eigenvalue weighted by atomic mass is 9.90. The van der Waals surface area contributed by atoms with E-state index in [-0.39, 0.29) is 18.1 Å². The van der Waals surface area contributed by atoms with Crippen molar-refractivity contribution in [1.29, 1.82) is 0 Å². The molecule has 2 aliphatic rings. The summed E-state index contributed by atoms with van der Waals surface area (Å²) in [6.07, 6.45) is 10.4. The van der Waals surface area contributed by atoms with E-state index in [4.69, 9.17) is 9.72 Å². The predicted octanol–water partition coefficient (Wildman–Crippen LogP) is 4.46. The molecule has 1 atom stereocenters. The standard InChI is InChI=1S/C26H27FN8O2/c1-15-25(36)35(19-4-3-9-28-13-19)22-14-29-26(31-17-10-16-12-30-33-23(16)21(27)11-17)32-24(22)34(15)18-5-7-20(37-2)8-6-18/h3-4,9-15,18,20H,5-8H2,1-2H3,(H,30,33)(H,29,31,32)/t15-,18-,20+/m1/s1. The van der Waals surface area contributed by atoms with Crippen LogP contribution in [0.1, 0.15) is 32.6 Å². The Morgan fingerprint density at radius 3 is 2.76 bits per heavy atom. The number of carbonyl (C=O) groups excluding carboxylic acids is 1. The molecule has 0 unspecified atom stereocenters. The summed E-state index contributed by atoms with van der Waals surface area (Å²) in [6, 6.07) is 6.48. The molecule has 6 rings (SSSR count). The molecule has 2 N–H and O–H groups in total. The molecule has 11 heteroatoms. The van der Waals surface area contributed by atoms with Gasteiger partial charge in [-0.3, -0.25) is 19.8 Å². The van der Waals surface area contributed by atoms with Crippen molar-refractivity contribution in [2.75, 3.05) is 22.2 Å². The van der Waals surface area contributed by atoms with Crippen molar-refractivity contribution in [1.82, 2.24) is 25.1 Å². The number of amides is 1. The van der Waals surface area contributed by atoms with Gasteiger partial charge < -0.3 is 15.0 Å². The summed E-state index contributed by atoms with van der Waals surface area (Å²) in [7, 11) is 1.74. The molecule has 1 aliphatic heterocycles. The Hall–Kier alpha value is -4.12. The van der Waals surface area contributed by atoms with E-state index < -0.39 is 11.9 Å². The number of rotatable bonds is 5. The number of nitrogens with zero attached hydrogens (tertiary/aromatic N) is 6. The minimum Gasteiger partial charge on any atom is -0.381 e. The summed E-state index contributed by atoms with van der Waals surface area (Å²) in [6.45, 7) is 1.91. The van der Waals surface area contributed by atoms with Crippen molar-refractivity contribution in [3.63, 3.8) is 0 Å². The minimum atomic E-state index is -0.445. The summed E-state index contributed by atoms with van der Waals surface area (Å²) in [4.78, 5) is 31.0. The molecule has 0 bridgehead atoms. The molecule has 1 fully saturated rings. The van der Waals surface area contributed by atoms with Crippen molar-refractivity contribution >= 4 is 45.6 Å². The molecule has 10 nitrogen and oxygen atoms in total. The van der Waals surface area contributed by atoms with Gasteiger partial charge in [0.25, 0.3) is 5.91 Å². The van der Waals surface area contributed by atoms with Crippen molar-refractivity contribution < 1.29 is 13.9 Å². The lowest BCUT2D eigenvalue weighted by molar-refractivity contribution is -0.119. The smallest absolute Gasteiger partial charge is 0.254 e. The molecule has 3 aromatic heterocycles. The highest BCUT2D eigenvalue weighted by Crippen LogP contribution is 2.42. The first-order valence-corrected chi connectivity index (χ1v) is 12.4. The van der Waals surface area contributed by atoms with Crippen LogP contribution in [-0.2, 0) is 9.53 Å². The number of pyridine rings is 1. The fourth-order valence-corrected chi connectivity index (χ4v) is 5.40. The number of halogens is 1. The van der Waals surface area contributed by atoms with Gasteiger partial charge in [-0.15, -0.1) is 0 Å². The third kappa shape index (κ3) is 4.14. The van der Waals surface area contributed by atoms with E-state index >= 15 is 0 Å². The van der Waals surface area contributed by atoms with Gasteiger partial charge in [-0.2, -0.15) is 10.1 Å². The molecule has 1 saturated carbocycles. The first kappa shape index (κ1) is 23.3. The topological polar surface area (TPSA) is 112 Å². The van der Waals surface area contributed by atoms with Gasteiger partial charge >= 0.3 is 0 Å². The van der Waals surface area contributed by atoms with Crippen LogP contribution >= 0.6 is 0 Å². The highest BCUT2D eigenvalue weighted by atomic mass is 19.1. The number of fused-ring (bicyclic) bond motifs is 2. The molecule has 0 spiro atoms. The molecule has 0 radical (unpaired) electrons. The zero-order chi connectivity index (χ0) is 25.5. The van der Waals surface area contributed by atoms with Crippen LogP contribution in [0, 0.1) is 5.82 Å². The van der Waals surface area contributed by atoms with Gasteiger partial charge in [-0.05, 0) is 56.9 Å². The number of aromatic amines is 1. The molecular weight excluding hydrogens is 475 g/mol. The number of hydrogen-bond donors (Lipinski definition) is 2. The van der Waals surface area contributed by atoms with Gasteiger partial charge in [0, 0.05) is 30.4 Å². The molecule has 37 heavy (non-hydrogen) atoms. The zero-order valence-electron chi connectivity index (χ0n) is 20.6. The summed E-state index contributed by atoms with van der Waals surface area (Å²) < 4.78 is 20.1. The average molecular weight is 503 g/mol. The number of benzene rings is 1. The minimum absolute atomic E-state index is 0.0637. The number of methoxy groups -OCH3 is 1. The van der Waals surface area contributed by atoms with E-state index in [2.05, 4.69) is 30.4 Å². The first-order valence-electron chi connectivity index (χ1n) is 12.4. The third-order valence-corrected chi connectivity index (χ3v) is 7.26. The van der Waals surface area contributed by atoms with E-state index in [1.54, 1.807) is 48.9 Å². The van der Waals surface area contributed by atoms with Gasteiger partial charge in [0.05, 0.1) is 30.4 Å². The van der Waals surface area contributed by atoms with Crippen molar-refractivity contribution in [2.45, 2.75) is 50.8 Å². The van der Waals surface area contributed by atoms with Crippen LogP contribution in [0.4, 0.5) is 33.2 Å². The van der Waals surface area contributed by atoms with Crippen molar-refractivity contribution in [2.24, 2.45) is 0 Å². The number of hydrogen-bond acceptors (Lipinski definition) is 8. The Labute approximate surface area is 212 Å². The number of aromatic nitrogens is 5. The number of H-pyrrole nitrogens is 1. The van der Waals surface area contributed by atoms with E-state index in [1.165, 1.54) is 6.07 Å². The second kappa shape index (κ2) is 9.40. The van der Waals surface area contributed by atoms with E-state index in [9.17, 15) is 9.18 Å². The van der Waals surface area contributed by atoms with Crippen LogP contribution in [0.2, 0.25) is 0 Å². The lowest BCUT2D eigenvalue weighted by Crippen LogP contribution is -2.55. The van der Waals surface area contributed by atoms with Crippen LogP contribution in [0.25, 0.3) is 10.9 Å². The molecule has 0 saturated heterocycles. The maximum Gasteiger partial charge on any atom is 0.254 e. The number of ether oxygens (including phenoxy) is 1. The van der Waals surface area contributed by atoms with Crippen LogP contribution in [0.5, 0.6) is 0 Å². The predicted molar refractivity (Wildman–Crippen MR) is 138 cm³/mol. The maximum absolute atomic E-state index is 14.5. The van der Waals surface area contributed by atoms with Gasteiger partial charge in [0.2, 0.25) is 5.95 Å². The number of nitrogens with one attached hydrogen (secondary N) is 2. The van der Waals surface area contributed by atoms with Crippen molar-refractivity contribution in [3.05, 3.63) is 54.9 Å². The maximum atomic E-state index is 14.5. The largest absolute Gasteiger partial charge is 0.381 e. The Morgan fingerprint density at radius 1 is 1.16 bits per heavy atom. The first-order chi connectivity index (χ1) is 18.0. The molecule has 1 amide bonds. The number of carbonyl (C=O) groups is 1. The zero-order valence-corrected chi connectivity index (χ0v) is 20.6. The van der Waals surface area contributed by atoms with Crippen LogP contribution < -0.4 is 15.1 Å². The van der Waals surface area contributed by atoms with Gasteiger partial charge in [-0.1, -0.05) is 0 Å². The quantitative estimate of drug-likeness (QED) is 0.411. The van der Waals surface area contributed by atoms with Crippen LogP contribution in [0.15, 0.2) is 49.1 Å². The van der Waals surface area contributed by atoms with E-state index in [1.807, 2.05) is 13.0 Å². The second-order valence-corrected chi connectivity index (χ2v) is 9.45. The highest BCUT2D eigenvalue weighted by molar-refractivity contribution is 6.09. The fourth-order valence-electron chi connectivity index (χ4n) is 5.40.